The molecule has 0 bridgehead atoms. The molecular formula is C17H16BrFN4O2. The lowest BCUT2D eigenvalue weighted by Gasteiger charge is -2.15. The molecule has 8 heteroatoms. The monoisotopic (exact) mass is 406 g/mol. The lowest BCUT2D eigenvalue weighted by molar-refractivity contribution is -0.146. The van der Waals surface area contributed by atoms with E-state index in [0.717, 1.165) is 25.1 Å². The number of halogens is 2. The van der Waals surface area contributed by atoms with E-state index in [1.807, 2.05) is 4.57 Å². The molecule has 1 aliphatic rings. The molecule has 0 amide bonds. The summed E-state index contributed by atoms with van der Waals surface area (Å²) in [6.07, 6.45) is 5.15. The first-order chi connectivity index (χ1) is 12.1. The van der Waals surface area contributed by atoms with Crippen molar-refractivity contribution in [2.24, 2.45) is 0 Å². The third-order valence-electron chi connectivity index (χ3n) is 4.42. The summed E-state index contributed by atoms with van der Waals surface area (Å²) in [5.41, 5.74) is 2.12. The zero-order chi connectivity index (χ0) is 17.6. The highest BCUT2D eigenvalue weighted by molar-refractivity contribution is 9.10. The van der Waals surface area contributed by atoms with Crippen LogP contribution in [0.1, 0.15) is 30.8 Å². The minimum absolute atomic E-state index is 0.256. The number of benzene rings is 1. The zero-order valence-corrected chi connectivity index (χ0v) is 15.2. The van der Waals surface area contributed by atoms with Gasteiger partial charge in [0.2, 0.25) is 0 Å². The third kappa shape index (κ3) is 2.64. The van der Waals surface area contributed by atoms with Crippen LogP contribution in [0.4, 0.5) is 4.39 Å². The Balaban J connectivity index is 1.86. The van der Waals surface area contributed by atoms with Gasteiger partial charge in [-0.3, -0.25) is 4.68 Å². The Morgan fingerprint density at radius 3 is 3.12 bits per heavy atom. The molecule has 1 aliphatic heterocycles. The van der Waals surface area contributed by atoms with E-state index in [4.69, 9.17) is 4.74 Å². The fourth-order valence-corrected chi connectivity index (χ4v) is 3.63. The molecule has 3 aromatic rings. The summed E-state index contributed by atoms with van der Waals surface area (Å²) in [5.74, 6) is -0.843. The van der Waals surface area contributed by atoms with Gasteiger partial charge in [0.15, 0.2) is 6.04 Å². The Bertz CT molecular complexity index is 965. The highest BCUT2D eigenvalue weighted by Gasteiger charge is 2.32. The van der Waals surface area contributed by atoms with Gasteiger partial charge in [0.05, 0.1) is 34.0 Å². The molecule has 0 saturated heterocycles. The molecule has 0 fully saturated rings. The van der Waals surface area contributed by atoms with E-state index >= 15 is 0 Å². The lowest BCUT2D eigenvalue weighted by Crippen LogP contribution is -2.25. The van der Waals surface area contributed by atoms with Crippen LogP contribution in [0.15, 0.2) is 29.1 Å². The minimum atomic E-state index is -0.820. The normalized spacial score (nSPS) is 14.7. The van der Waals surface area contributed by atoms with E-state index < -0.39 is 17.8 Å². The first-order valence-corrected chi connectivity index (χ1v) is 8.93. The number of rotatable bonds is 4. The summed E-state index contributed by atoms with van der Waals surface area (Å²) in [4.78, 5) is 17.1. The van der Waals surface area contributed by atoms with Gasteiger partial charge in [-0.05, 0) is 47.8 Å². The number of imidazole rings is 1. The van der Waals surface area contributed by atoms with E-state index in [9.17, 15) is 9.18 Å². The Morgan fingerprint density at radius 1 is 1.48 bits per heavy atom. The van der Waals surface area contributed by atoms with Gasteiger partial charge in [0.1, 0.15) is 5.82 Å². The molecule has 6 nitrogen and oxygen atoms in total. The Morgan fingerprint density at radius 2 is 2.32 bits per heavy atom. The van der Waals surface area contributed by atoms with Gasteiger partial charge in [-0.1, -0.05) is 0 Å². The number of hydrogen-bond acceptors (Lipinski definition) is 4. The van der Waals surface area contributed by atoms with Crippen molar-refractivity contribution in [2.45, 2.75) is 32.4 Å². The first kappa shape index (κ1) is 16.3. The molecule has 3 heterocycles. The summed E-state index contributed by atoms with van der Waals surface area (Å²) >= 11 is 3.18. The Kier molecular flexibility index (Phi) is 4.07. The van der Waals surface area contributed by atoms with Crippen molar-refractivity contribution in [2.75, 3.05) is 6.61 Å². The maximum atomic E-state index is 14.4. The van der Waals surface area contributed by atoms with E-state index in [2.05, 4.69) is 26.0 Å². The van der Waals surface area contributed by atoms with Gasteiger partial charge in [-0.2, -0.15) is 5.10 Å². The fourth-order valence-electron chi connectivity index (χ4n) is 3.28. The molecule has 0 N–H and O–H groups in total. The second-order valence-electron chi connectivity index (χ2n) is 5.93. The number of nitrogens with zero attached hydrogens (tertiary/aromatic N) is 4. The number of hydrogen-bond donors (Lipinski definition) is 0. The summed E-state index contributed by atoms with van der Waals surface area (Å²) in [5, 5.41) is 4.75. The van der Waals surface area contributed by atoms with Crippen molar-refractivity contribution in [3.8, 4) is 0 Å². The average molecular weight is 407 g/mol. The average Bonchev–Trinajstić information content (AvgIpc) is 3.28. The molecule has 1 unspecified atom stereocenters. The maximum Gasteiger partial charge on any atom is 0.337 e. The van der Waals surface area contributed by atoms with Crippen LogP contribution < -0.4 is 0 Å². The Hall–Kier alpha value is -2.22. The predicted molar refractivity (Wildman–Crippen MR) is 92.7 cm³/mol. The van der Waals surface area contributed by atoms with Crippen LogP contribution >= 0.6 is 15.9 Å². The quantitative estimate of drug-likeness (QED) is 0.624. The number of fused-ring (bicyclic) bond motifs is 2. The third-order valence-corrected chi connectivity index (χ3v) is 5.03. The standard InChI is InChI=1S/C17H16BrFN4O2/c1-2-25-17(24)16(15-13-4-3-7-22(13)9-20-15)23-8-10-12(21-23)6-5-11(18)14(10)19/h5-6,8-9,16H,2-4,7H2,1H3. The van der Waals surface area contributed by atoms with Crippen LogP contribution in [0.5, 0.6) is 0 Å². The van der Waals surface area contributed by atoms with Crippen LogP contribution in [0.2, 0.25) is 0 Å². The molecular weight excluding hydrogens is 391 g/mol. The molecule has 1 aromatic carbocycles. The van der Waals surface area contributed by atoms with Crippen molar-refractivity contribution in [3.63, 3.8) is 0 Å². The topological polar surface area (TPSA) is 61.9 Å². The summed E-state index contributed by atoms with van der Waals surface area (Å²) in [6, 6.07) is 2.49. The smallest absolute Gasteiger partial charge is 0.337 e. The van der Waals surface area contributed by atoms with Crippen molar-refractivity contribution in [1.29, 1.82) is 0 Å². The zero-order valence-electron chi connectivity index (χ0n) is 13.6. The van der Waals surface area contributed by atoms with E-state index in [1.165, 1.54) is 10.9 Å². The van der Waals surface area contributed by atoms with Crippen molar-refractivity contribution in [1.82, 2.24) is 19.3 Å². The first-order valence-electron chi connectivity index (χ1n) is 8.13. The highest BCUT2D eigenvalue weighted by atomic mass is 79.9. The van der Waals surface area contributed by atoms with E-state index in [1.54, 1.807) is 25.4 Å². The maximum absolute atomic E-state index is 14.4. The van der Waals surface area contributed by atoms with Gasteiger partial charge >= 0.3 is 5.97 Å². The van der Waals surface area contributed by atoms with Gasteiger partial charge in [0.25, 0.3) is 0 Å². The van der Waals surface area contributed by atoms with Crippen molar-refractivity contribution < 1.29 is 13.9 Å². The van der Waals surface area contributed by atoms with Gasteiger partial charge in [0, 0.05) is 18.4 Å². The second-order valence-corrected chi connectivity index (χ2v) is 6.79. The number of aryl methyl sites for hydroxylation is 1. The van der Waals surface area contributed by atoms with Crippen LogP contribution in [-0.4, -0.2) is 31.9 Å². The lowest BCUT2D eigenvalue weighted by atomic mass is 10.1. The molecule has 0 saturated carbocycles. The van der Waals surface area contributed by atoms with Crippen molar-refractivity contribution >= 4 is 32.8 Å². The van der Waals surface area contributed by atoms with Crippen LogP contribution in [0, 0.1) is 5.82 Å². The summed E-state index contributed by atoms with van der Waals surface area (Å²) < 4.78 is 23.4. The summed E-state index contributed by atoms with van der Waals surface area (Å²) in [7, 11) is 0. The number of esters is 1. The highest BCUT2D eigenvalue weighted by Crippen LogP contribution is 2.30. The van der Waals surface area contributed by atoms with E-state index in [0.29, 0.717) is 21.1 Å². The molecule has 25 heavy (non-hydrogen) atoms. The van der Waals surface area contributed by atoms with E-state index in [-0.39, 0.29) is 6.61 Å². The molecule has 0 radical (unpaired) electrons. The van der Waals surface area contributed by atoms with Gasteiger partial charge < -0.3 is 9.30 Å². The van der Waals surface area contributed by atoms with Crippen molar-refractivity contribution in [3.05, 3.63) is 46.3 Å². The number of carbonyl (C=O) groups excluding carboxylic acids is 1. The predicted octanol–water partition coefficient (Wildman–Crippen LogP) is 3.23. The molecule has 0 aliphatic carbocycles. The molecule has 0 spiro atoms. The van der Waals surface area contributed by atoms with Crippen LogP contribution in [-0.2, 0) is 22.5 Å². The number of aromatic nitrogens is 4. The largest absolute Gasteiger partial charge is 0.464 e. The second kappa shape index (κ2) is 6.25. The molecule has 2 aromatic heterocycles. The van der Waals surface area contributed by atoms with Gasteiger partial charge in [-0.15, -0.1) is 0 Å². The molecule has 4 rings (SSSR count). The van der Waals surface area contributed by atoms with Gasteiger partial charge in [-0.25, -0.2) is 14.2 Å². The fraction of sp³-hybridized carbons (Fsp3) is 0.353. The Labute approximate surface area is 151 Å². The molecule has 130 valence electrons. The SMILES string of the molecule is CCOC(=O)C(c1ncn2c1CCC2)n1cc2c(F)c(Br)ccc2n1. The minimum Gasteiger partial charge on any atom is -0.464 e. The summed E-state index contributed by atoms with van der Waals surface area (Å²) in [6.45, 7) is 2.90. The number of carbonyl (C=O) groups is 1. The van der Waals surface area contributed by atoms with Crippen LogP contribution in [0.3, 0.4) is 0 Å². The van der Waals surface area contributed by atoms with Crippen LogP contribution in [0.25, 0.3) is 10.9 Å². The number of ether oxygens (including phenoxy) is 1. The molecule has 1 atom stereocenters.